The highest BCUT2D eigenvalue weighted by Gasteiger charge is 2.28. The van der Waals surface area contributed by atoms with Gasteiger partial charge in [0, 0.05) is 11.8 Å². The molecular weight excluding hydrogens is 270 g/mol. The predicted octanol–water partition coefficient (Wildman–Crippen LogP) is 2.32. The van der Waals surface area contributed by atoms with Crippen molar-refractivity contribution < 1.29 is 14.3 Å². The molecule has 0 radical (unpaired) electrons. The molecule has 0 bridgehead atoms. The van der Waals surface area contributed by atoms with Crippen LogP contribution >= 0.6 is 0 Å². The van der Waals surface area contributed by atoms with Gasteiger partial charge in [0.15, 0.2) is 0 Å². The first-order valence-corrected chi connectivity index (χ1v) is 6.64. The molecule has 0 saturated heterocycles. The van der Waals surface area contributed by atoms with E-state index in [4.69, 9.17) is 4.42 Å². The molecule has 3 N–H and O–H groups in total. The molecule has 2 amide bonds. The molecule has 6 heteroatoms. The van der Waals surface area contributed by atoms with E-state index in [1.807, 2.05) is 6.92 Å². The molecule has 6 nitrogen and oxygen atoms in total. The Labute approximate surface area is 123 Å². The van der Waals surface area contributed by atoms with Crippen molar-refractivity contribution in [1.82, 2.24) is 10.3 Å². The van der Waals surface area contributed by atoms with Crippen LogP contribution in [0.2, 0.25) is 0 Å². The summed E-state index contributed by atoms with van der Waals surface area (Å²) >= 11 is 0. The second-order valence-electron chi connectivity index (χ2n) is 5.12. The molecule has 21 heavy (non-hydrogen) atoms. The standard InChI is InChI=1S/C15H19N3O3/c1-10-8-12(11(2)21-10)15(3,20)9-17-14(19)18-13-6-4-5-7-16-13/h4-8,20H,9H2,1-3H3,(H2,16,17,18,19). The molecule has 0 aliphatic rings. The second-order valence-corrected chi connectivity index (χ2v) is 5.12. The third-order valence-electron chi connectivity index (χ3n) is 3.12. The first-order chi connectivity index (χ1) is 9.88. The number of urea groups is 1. The minimum Gasteiger partial charge on any atom is -0.466 e. The van der Waals surface area contributed by atoms with Crippen molar-refractivity contribution in [3.8, 4) is 0 Å². The Hall–Kier alpha value is -2.34. The van der Waals surface area contributed by atoms with E-state index in [-0.39, 0.29) is 6.54 Å². The highest BCUT2D eigenvalue weighted by atomic mass is 16.3. The molecule has 0 aliphatic carbocycles. The predicted molar refractivity (Wildman–Crippen MR) is 79.0 cm³/mol. The van der Waals surface area contributed by atoms with Gasteiger partial charge < -0.3 is 14.8 Å². The number of carbonyl (C=O) groups excluding carboxylic acids is 1. The molecule has 0 saturated carbocycles. The molecule has 1 unspecified atom stereocenters. The molecule has 0 fully saturated rings. The average Bonchev–Trinajstić information content (AvgIpc) is 2.78. The fourth-order valence-corrected chi connectivity index (χ4v) is 2.11. The van der Waals surface area contributed by atoms with Crippen LogP contribution in [0.3, 0.4) is 0 Å². The van der Waals surface area contributed by atoms with Crippen LogP contribution in [0.5, 0.6) is 0 Å². The zero-order valence-corrected chi connectivity index (χ0v) is 12.3. The van der Waals surface area contributed by atoms with Crippen LogP contribution in [0, 0.1) is 13.8 Å². The van der Waals surface area contributed by atoms with Gasteiger partial charge in [-0.05, 0) is 39.0 Å². The fourth-order valence-electron chi connectivity index (χ4n) is 2.11. The van der Waals surface area contributed by atoms with Crippen molar-refractivity contribution in [3.63, 3.8) is 0 Å². The quantitative estimate of drug-likeness (QED) is 0.806. The molecule has 0 spiro atoms. The molecule has 2 aromatic heterocycles. The molecule has 0 aliphatic heterocycles. The van der Waals surface area contributed by atoms with Gasteiger partial charge in [-0.1, -0.05) is 6.07 Å². The maximum absolute atomic E-state index is 11.8. The summed E-state index contributed by atoms with van der Waals surface area (Å²) in [4.78, 5) is 15.8. The lowest BCUT2D eigenvalue weighted by Crippen LogP contribution is -2.40. The maximum Gasteiger partial charge on any atom is 0.320 e. The number of anilines is 1. The Morgan fingerprint density at radius 1 is 1.43 bits per heavy atom. The number of rotatable bonds is 4. The van der Waals surface area contributed by atoms with Crippen LogP contribution in [-0.2, 0) is 5.60 Å². The number of carbonyl (C=O) groups is 1. The fraction of sp³-hybridized carbons (Fsp3) is 0.333. The Morgan fingerprint density at radius 2 is 2.19 bits per heavy atom. The van der Waals surface area contributed by atoms with Gasteiger partial charge in [-0.2, -0.15) is 0 Å². The highest BCUT2D eigenvalue weighted by molar-refractivity contribution is 5.88. The van der Waals surface area contributed by atoms with Gasteiger partial charge in [-0.3, -0.25) is 5.32 Å². The molecule has 112 valence electrons. The summed E-state index contributed by atoms with van der Waals surface area (Å²) in [5.41, 5.74) is -0.540. The SMILES string of the molecule is Cc1cc(C(C)(O)CNC(=O)Nc2ccccn2)c(C)o1. The van der Waals surface area contributed by atoms with Crippen LogP contribution in [0.15, 0.2) is 34.9 Å². The van der Waals surface area contributed by atoms with Crippen molar-refractivity contribution in [2.45, 2.75) is 26.4 Å². The number of hydrogen-bond acceptors (Lipinski definition) is 4. The third kappa shape index (κ3) is 3.82. The number of hydrogen-bond donors (Lipinski definition) is 3. The van der Waals surface area contributed by atoms with Crippen LogP contribution in [-0.4, -0.2) is 22.7 Å². The second kappa shape index (κ2) is 5.97. The minimum absolute atomic E-state index is 0.0610. The number of aryl methyl sites for hydroxylation is 2. The van der Waals surface area contributed by atoms with E-state index in [1.165, 1.54) is 0 Å². The number of nitrogens with one attached hydrogen (secondary N) is 2. The van der Waals surface area contributed by atoms with Crippen molar-refractivity contribution in [2.24, 2.45) is 0 Å². The topological polar surface area (TPSA) is 87.4 Å². The number of pyridine rings is 1. The van der Waals surface area contributed by atoms with Gasteiger partial charge in [0.05, 0.1) is 6.54 Å². The van der Waals surface area contributed by atoms with E-state index in [0.717, 1.165) is 5.76 Å². The van der Waals surface area contributed by atoms with E-state index < -0.39 is 11.6 Å². The number of aromatic nitrogens is 1. The summed E-state index contributed by atoms with van der Waals surface area (Å²) in [6.45, 7) is 5.29. The average molecular weight is 289 g/mol. The van der Waals surface area contributed by atoms with Crippen molar-refractivity contribution >= 4 is 11.8 Å². The molecular formula is C15H19N3O3. The maximum atomic E-state index is 11.8. The molecule has 1 atom stereocenters. The smallest absolute Gasteiger partial charge is 0.320 e. The van der Waals surface area contributed by atoms with Crippen LogP contribution in [0.1, 0.15) is 24.0 Å². The van der Waals surface area contributed by atoms with Crippen LogP contribution in [0.4, 0.5) is 10.6 Å². The van der Waals surface area contributed by atoms with E-state index in [9.17, 15) is 9.90 Å². The van der Waals surface area contributed by atoms with Crippen molar-refractivity contribution in [2.75, 3.05) is 11.9 Å². The largest absolute Gasteiger partial charge is 0.466 e. The highest BCUT2D eigenvalue weighted by Crippen LogP contribution is 2.26. The van der Waals surface area contributed by atoms with Gasteiger partial charge in [-0.25, -0.2) is 9.78 Å². The van der Waals surface area contributed by atoms with Gasteiger partial charge in [0.2, 0.25) is 0 Å². The van der Waals surface area contributed by atoms with Gasteiger partial charge in [0.25, 0.3) is 0 Å². The van der Waals surface area contributed by atoms with Crippen molar-refractivity contribution in [3.05, 3.63) is 47.5 Å². The molecule has 2 rings (SSSR count). The number of amides is 2. The summed E-state index contributed by atoms with van der Waals surface area (Å²) < 4.78 is 5.40. The van der Waals surface area contributed by atoms with Crippen LogP contribution < -0.4 is 10.6 Å². The zero-order chi connectivity index (χ0) is 15.5. The van der Waals surface area contributed by atoms with Gasteiger partial charge >= 0.3 is 6.03 Å². The first kappa shape index (κ1) is 15.1. The monoisotopic (exact) mass is 289 g/mol. The lowest BCUT2D eigenvalue weighted by atomic mass is 9.96. The summed E-state index contributed by atoms with van der Waals surface area (Å²) in [7, 11) is 0. The normalized spacial score (nSPS) is 13.5. The number of furan rings is 1. The van der Waals surface area contributed by atoms with E-state index in [0.29, 0.717) is 17.1 Å². The van der Waals surface area contributed by atoms with Gasteiger partial charge in [-0.15, -0.1) is 0 Å². The summed E-state index contributed by atoms with van der Waals surface area (Å²) in [5, 5.41) is 15.7. The lowest BCUT2D eigenvalue weighted by molar-refractivity contribution is 0.0584. The van der Waals surface area contributed by atoms with Crippen LogP contribution in [0.25, 0.3) is 0 Å². The number of aliphatic hydroxyl groups is 1. The summed E-state index contributed by atoms with van der Waals surface area (Å²) in [5.74, 6) is 1.81. The molecule has 2 aromatic rings. The van der Waals surface area contributed by atoms with Crippen molar-refractivity contribution in [1.29, 1.82) is 0 Å². The Morgan fingerprint density at radius 3 is 2.76 bits per heavy atom. The van der Waals surface area contributed by atoms with Gasteiger partial charge in [0.1, 0.15) is 22.9 Å². The third-order valence-corrected chi connectivity index (χ3v) is 3.12. The lowest BCUT2D eigenvalue weighted by Gasteiger charge is -2.23. The first-order valence-electron chi connectivity index (χ1n) is 6.64. The minimum atomic E-state index is -1.21. The van der Waals surface area contributed by atoms with E-state index in [2.05, 4.69) is 15.6 Å². The molecule has 2 heterocycles. The van der Waals surface area contributed by atoms with E-state index in [1.54, 1.807) is 44.3 Å². The number of nitrogens with zero attached hydrogens (tertiary/aromatic N) is 1. The Balaban J connectivity index is 1.95. The summed E-state index contributed by atoms with van der Waals surface area (Å²) in [6, 6.07) is 6.57. The molecule has 0 aromatic carbocycles. The van der Waals surface area contributed by atoms with E-state index >= 15 is 0 Å². The zero-order valence-electron chi connectivity index (χ0n) is 12.3. The summed E-state index contributed by atoms with van der Waals surface area (Å²) in [6.07, 6.45) is 1.59. The Kier molecular flexibility index (Phi) is 4.28. The Bertz CT molecular complexity index is 620.